The van der Waals surface area contributed by atoms with Crippen LogP contribution in [0.3, 0.4) is 0 Å². The van der Waals surface area contributed by atoms with Gasteiger partial charge < -0.3 is 21.1 Å². The second-order valence-corrected chi connectivity index (χ2v) is 8.35. The fourth-order valence-corrected chi connectivity index (χ4v) is 2.38. The van der Waals surface area contributed by atoms with E-state index in [4.69, 9.17) is 0 Å². The van der Waals surface area contributed by atoms with Crippen molar-refractivity contribution in [3.63, 3.8) is 0 Å². The van der Waals surface area contributed by atoms with E-state index in [2.05, 4.69) is 50.6 Å². The highest BCUT2D eigenvalue weighted by molar-refractivity contribution is 5.84. The maximum Gasteiger partial charge on any atom is 0.239 e. The van der Waals surface area contributed by atoms with E-state index in [0.717, 1.165) is 18.0 Å². The number of aliphatic hydroxyl groups excluding tert-OH is 1. The summed E-state index contributed by atoms with van der Waals surface area (Å²) in [6, 6.07) is 9.29. The number of hydrogen-bond acceptors (Lipinski definition) is 4. The van der Waals surface area contributed by atoms with Crippen molar-refractivity contribution in [2.75, 3.05) is 19.6 Å². The molecule has 0 aliphatic carbocycles. The Labute approximate surface area is 176 Å². The number of rotatable bonds is 11. The van der Waals surface area contributed by atoms with E-state index < -0.39 is 12.1 Å². The highest BCUT2D eigenvalue weighted by Crippen LogP contribution is 2.06. The number of carbonyl (C=O) groups excluding carboxylic acids is 2. The maximum atomic E-state index is 12.1. The second-order valence-electron chi connectivity index (χ2n) is 8.35. The quantitative estimate of drug-likeness (QED) is 0.454. The number of carbonyl (C=O) groups is 2. The lowest BCUT2D eigenvalue weighted by molar-refractivity contribution is -0.126. The molecule has 2 amide bonds. The predicted octanol–water partition coefficient (Wildman–Crippen LogP) is 2.51. The van der Waals surface area contributed by atoms with Crippen molar-refractivity contribution in [3.05, 3.63) is 35.9 Å². The Kier molecular flexibility index (Phi) is 14.9. The van der Waals surface area contributed by atoms with Crippen LogP contribution < -0.4 is 16.0 Å². The van der Waals surface area contributed by atoms with E-state index >= 15 is 0 Å². The molecule has 2 unspecified atom stereocenters. The fraction of sp³-hybridized carbons (Fsp3) is 0.652. The van der Waals surface area contributed by atoms with Crippen molar-refractivity contribution in [2.45, 2.75) is 66.5 Å². The van der Waals surface area contributed by atoms with Gasteiger partial charge in [0.15, 0.2) is 0 Å². The zero-order chi connectivity index (χ0) is 22.2. The van der Waals surface area contributed by atoms with Crippen LogP contribution in [0.1, 0.15) is 53.5 Å². The van der Waals surface area contributed by atoms with Crippen LogP contribution in [-0.2, 0) is 16.0 Å². The van der Waals surface area contributed by atoms with Crippen LogP contribution in [0.4, 0.5) is 0 Å². The smallest absolute Gasteiger partial charge is 0.239 e. The first-order chi connectivity index (χ1) is 13.6. The second kappa shape index (κ2) is 15.9. The Morgan fingerprint density at radius 3 is 2.07 bits per heavy atom. The molecule has 0 saturated heterocycles. The first kappa shape index (κ1) is 27.1. The number of hydrogen-bond donors (Lipinski definition) is 4. The normalized spacial score (nSPS) is 12.7. The van der Waals surface area contributed by atoms with Crippen LogP contribution in [0.15, 0.2) is 30.3 Å². The van der Waals surface area contributed by atoms with Crippen molar-refractivity contribution in [3.8, 4) is 0 Å². The third kappa shape index (κ3) is 15.7. The first-order valence-electron chi connectivity index (χ1n) is 10.6. The molecule has 0 aliphatic rings. The summed E-state index contributed by atoms with van der Waals surface area (Å²) >= 11 is 0. The molecule has 0 spiro atoms. The zero-order valence-electron chi connectivity index (χ0n) is 19.0. The van der Waals surface area contributed by atoms with Crippen LogP contribution in [0.5, 0.6) is 0 Å². The van der Waals surface area contributed by atoms with Gasteiger partial charge in [-0.25, -0.2) is 0 Å². The lowest BCUT2D eigenvalue weighted by Gasteiger charge is -2.25. The maximum absolute atomic E-state index is 12.1. The van der Waals surface area contributed by atoms with Gasteiger partial charge in [0.05, 0.1) is 18.7 Å². The van der Waals surface area contributed by atoms with Gasteiger partial charge in [-0.05, 0) is 30.4 Å². The van der Waals surface area contributed by atoms with Crippen molar-refractivity contribution in [1.82, 2.24) is 16.0 Å². The monoisotopic (exact) mass is 407 g/mol. The molecule has 166 valence electrons. The summed E-state index contributed by atoms with van der Waals surface area (Å²) in [7, 11) is 0. The minimum absolute atomic E-state index is 0.0793. The van der Waals surface area contributed by atoms with Gasteiger partial charge in [0.25, 0.3) is 0 Å². The van der Waals surface area contributed by atoms with Crippen molar-refractivity contribution < 1.29 is 14.7 Å². The average molecular weight is 408 g/mol. The molecule has 0 radical (unpaired) electrons. The molecular formula is C23H41N3O3. The molecule has 0 bridgehead atoms. The largest absolute Gasteiger partial charge is 0.390 e. The van der Waals surface area contributed by atoms with E-state index in [9.17, 15) is 14.7 Å². The molecule has 29 heavy (non-hydrogen) atoms. The van der Waals surface area contributed by atoms with Gasteiger partial charge >= 0.3 is 0 Å². The minimum Gasteiger partial charge on any atom is -0.390 e. The molecule has 0 aliphatic heterocycles. The van der Waals surface area contributed by atoms with E-state index in [1.165, 1.54) is 0 Å². The van der Waals surface area contributed by atoms with Gasteiger partial charge in [-0.15, -0.1) is 0 Å². The van der Waals surface area contributed by atoms with Crippen LogP contribution in [-0.4, -0.2) is 48.7 Å². The summed E-state index contributed by atoms with van der Waals surface area (Å²) in [4.78, 5) is 23.4. The summed E-state index contributed by atoms with van der Waals surface area (Å²) in [6.07, 6.45) is 0.145. The fourth-order valence-electron chi connectivity index (χ4n) is 2.38. The van der Waals surface area contributed by atoms with Gasteiger partial charge in [0, 0.05) is 13.0 Å². The van der Waals surface area contributed by atoms with E-state index in [1.54, 1.807) is 6.92 Å². The molecule has 0 fully saturated rings. The predicted molar refractivity (Wildman–Crippen MR) is 120 cm³/mol. The molecule has 2 atom stereocenters. The number of aliphatic hydroxyl groups is 1. The summed E-state index contributed by atoms with van der Waals surface area (Å²) in [6.45, 7) is 13.5. The SMILES string of the molecule is CC(C)C.CCC(=O)NCC(=O)NC(Cc1ccccc1)C(O)CNCC(C)C. The third-order valence-corrected chi connectivity index (χ3v) is 3.78. The Bertz CT molecular complexity index is 559. The summed E-state index contributed by atoms with van der Waals surface area (Å²) in [5.41, 5.74) is 1.04. The van der Waals surface area contributed by atoms with Crippen molar-refractivity contribution >= 4 is 11.8 Å². The van der Waals surface area contributed by atoms with E-state index in [1.807, 2.05) is 30.3 Å². The van der Waals surface area contributed by atoms with Gasteiger partial charge in [-0.3, -0.25) is 9.59 Å². The molecule has 1 rings (SSSR count). The molecule has 0 aromatic heterocycles. The van der Waals surface area contributed by atoms with Gasteiger partial charge in [0.2, 0.25) is 11.8 Å². The standard InChI is InChI=1S/C19H31N3O3.C4H10/c1-4-18(24)21-13-19(25)22-16(10-15-8-6-5-7-9-15)17(23)12-20-11-14(2)3;1-4(2)3/h5-9,14,16-17,20,23H,4,10-13H2,1-3H3,(H,21,24)(H,22,25);4H,1-3H3. The minimum atomic E-state index is -0.718. The highest BCUT2D eigenvalue weighted by atomic mass is 16.3. The third-order valence-electron chi connectivity index (χ3n) is 3.78. The van der Waals surface area contributed by atoms with Gasteiger partial charge in [-0.2, -0.15) is 0 Å². The molecule has 6 nitrogen and oxygen atoms in total. The Morgan fingerprint density at radius 1 is 0.966 bits per heavy atom. The molecule has 4 N–H and O–H groups in total. The molecule has 6 heteroatoms. The van der Waals surface area contributed by atoms with Crippen LogP contribution in [0, 0.1) is 11.8 Å². The summed E-state index contributed by atoms with van der Waals surface area (Å²) < 4.78 is 0. The topological polar surface area (TPSA) is 90.5 Å². The van der Waals surface area contributed by atoms with Crippen LogP contribution in [0.2, 0.25) is 0 Å². The van der Waals surface area contributed by atoms with Crippen molar-refractivity contribution in [1.29, 1.82) is 0 Å². The summed E-state index contributed by atoms with van der Waals surface area (Å²) in [5.74, 6) is 0.846. The van der Waals surface area contributed by atoms with E-state index in [0.29, 0.717) is 25.3 Å². The highest BCUT2D eigenvalue weighted by Gasteiger charge is 2.21. The molecular weight excluding hydrogens is 366 g/mol. The summed E-state index contributed by atoms with van der Waals surface area (Å²) in [5, 5.41) is 19.1. The molecule has 1 aromatic rings. The van der Waals surface area contributed by atoms with Gasteiger partial charge in [-0.1, -0.05) is 71.9 Å². The molecule has 0 saturated carbocycles. The number of benzene rings is 1. The Morgan fingerprint density at radius 2 is 1.55 bits per heavy atom. The number of nitrogens with one attached hydrogen (secondary N) is 3. The van der Waals surface area contributed by atoms with E-state index in [-0.39, 0.29) is 18.4 Å². The average Bonchev–Trinajstić information content (AvgIpc) is 2.65. The first-order valence-corrected chi connectivity index (χ1v) is 10.6. The Hall–Kier alpha value is -1.92. The van der Waals surface area contributed by atoms with Crippen LogP contribution >= 0.6 is 0 Å². The Balaban J connectivity index is 0.00000178. The molecule has 0 heterocycles. The van der Waals surface area contributed by atoms with Crippen LogP contribution in [0.25, 0.3) is 0 Å². The van der Waals surface area contributed by atoms with Gasteiger partial charge in [0.1, 0.15) is 0 Å². The number of amides is 2. The lowest BCUT2D eigenvalue weighted by atomic mass is 10.0. The molecule has 1 aromatic carbocycles. The lowest BCUT2D eigenvalue weighted by Crippen LogP contribution is -2.51. The van der Waals surface area contributed by atoms with Crippen molar-refractivity contribution in [2.24, 2.45) is 11.8 Å². The zero-order valence-corrected chi connectivity index (χ0v) is 19.0.